The second-order valence-electron chi connectivity index (χ2n) is 9.66. The summed E-state index contributed by atoms with van der Waals surface area (Å²) in [7, 11) is 1.29. The van der Waals surface area contributed by atoms with Crippen LogP contribution in [0.3, 0.4) is 0 Å². The number of aliphatic hydroxyl groups excluding tert-OH is 1. The van der Waals surface area contributed by atoms with Gasteiger partial charge in [-0.25, -0.2) is 28.8 Å². The number of rotatable bonds is 17. The SMILES string of the molecule is C=C(C)C(=O)OCCNC(=O)O[C@@H]1[C@@H](OC(=O)NCCOC(=O)C(=C)C)[C@@H](O)O[C@H](COC)[C@H]1OC(=O)NCCOC(=O)C(=C)C. The average Bonchev–Trinajstić information content (AvgIpc) is 2.98. The Morgan fingerprint density at radius 3 is 1.33 bits per heavy atom. The summed E-state index contributed by atoms with van der Waals surface area (Å²) in [5, 5.41) is 17.6. The van der Waals surface area contributed by atoms with Gasteiger partial charge in [-0.05, 0) is 20.8 Å². The number of esters is 3. The molecule has 0 unspecified atom stereocenters. The molecule has 0 aromatic heterocycles. The quantitative estimate of drug-likeness (QED) is 0.0696. The predicted molar refractivity (Wildman–Crippen MR) is 155 cm³/mol. The van der Waals surface area contributed by atoms with Crippen LogP contribution in [-0.4, -0.2) is 125 Å². The van der Waals surface area contributed by atoms with Gasteiger partial charge in [0, 0.05) is 23.8 Å². The molecule has 0 aromatic rings. The molecule has 1 fully saturated rings. The van der Waals surface area contributed by atoms with E-state index in [1.165, 1.54) is 27.9 Å². The Morgan fingerprint density at radius 2 is 0.978 bits per heavy atom. The number of amides is 3. The molecule has 5 atom stereocenters. The van der Waals surface area contributed by atoms with Crippen LogP contribution in [-0.2, 0) is 52.3 Å². The lowest BCUT2D eigenvalue weighted by molar-refractivity contribution is -0.284. The zero-order valence-corrected chi connectivity index (χ0v) is 26.1. The lowest BCUT2D eigenvalue weighted by atomic mass is 9.98. The van der Waals surface area contributed by atoms with Crippen LogP contribution in [0, 0.1) is 0 Å². The van der Waals surface area contributed by atoms with E-state index < -0.39 is 66.9 Å². The Balaban J connectivity index is 3.06. The summed E-state index contributed by atoms with van der Waals surface area (Å²) in [5.74, 6) is -2.05. The lowest BCUT2D eigenvalue weighted by Gasteiger charge is -2.42. The first-order chi connectivity index (χ1) is 21.7. The van der Waals surface area contributed by atoms with Crippen LogP contribution in [0.2, 0.25) is 0 Å². The van der Waals surface area contributed by atoms with Gasteiger partial charge < -0.3 is 59.0 Å². The summed E-state index contributed by atoms with van der Waals surface area (Å²) in [6.07, 6.45) is -11.5. The number of hydrogen-bond acceptors (Lipinski definition) is 15. The zero-order valence-electron chi connectivity index (χ0n) is 26.1. The van der Waals surface area contributed by atoms with Gasteiger partial charge in [0.25, 0.3) is 0 Å². The van der Waals surface area contributed by atoms with Crippen LogP contribution >= 0.6 is 0 Å². The van der Waals surface area contributed by atoms with Gasteiger partial charge in [-0.3, -0.25) is 0 Å². The molecule has 258 valence electrons. The minimum Gasteiger partial charge on any atom is -0.460 e. The highest BCUT2D eigenvalue weighted by Gasteiger charge is 2.52. The van der Waals surface area contributed by atoms with E-state index in [-0.39, 0.29) is 62.8 Å². The van der Waals surface area contributed by atoms with Crippen molar-refractivity contribution in [2.45, 2.75) is 51.5 Å². The lowest BCUT2D eigenvalue weighted by Crippen LogP contribution is -2.63. The smallest absolute Gasteiger partial charge is 0.407 e. The highest BCUT2D eigenvalue weighted by molar-refractivity contribution is 5.87. The molecule has 1 rings (SSSR count). The molecule has 18 nitrogen and oxygen atoms in total. The van der Waals surface area contributed by atoms with Crippen molar-refractivity contribution in [2.75, 3.05) is 53.2 Å². The third-order valence-corrected chi connectivity index (χ3v) is 5.53. The average molecular weight is 660 g/mol. The van der Waals surface area contributed by atoms with Crippen molar-refractivity contribution in [1.82, 2.24) is 16.0 Å². The summed E-state index contributed by atoms with van der Waals surface area (Å²) in [5.41, 5.74) is 0.436. The van der Waals surface area contributed by atoms with Gasteiger partial charge in [0.1, 0.15) is 25.9 Å². The van der Waals surface area contributed by atoms with E-state index in [1.807, 2.05) is 0 Å². The first-order valence-electron chi connectivity index (χ1n) is 13.8. The fraction of sp³-hybridized carbons (Fsp3) is 0.571. The number of aliphatic hydroxyl groups is 1. The number of hydrogen-bond donors (Lipinski definition) is 4. The number of methoxy groups -OCH3 is 1. The molecular formula is C28H41N3O15. The fourth-order valence-electron chi connectivity index (χ4n) is 3.35. The van der Waals surface area contributed by atoms with Crippen LogP contribution in [0.25, 0.3) is 0 Å². The number of alkyl carbamates (subject to hydrolysis) is 3. The van der Waals surface area contributed by atoms with Crippen molar-refractivity contribution in [2.24, 2.45) is 0 Å². The molecule has 0 saturated carbocycles. The van der Waals surface area contributed by atoms with Gasteiger partial charge in [0.2, 0.25) is 0 Å². The van der Waals surface area contributed by atoms with Gasteiger partial charge in [0.15, 0.2) is 24.6 Å². The van der Waals surface area contributed by atoms with E-state index in [9.17, 15) is 33.9 Å². The van der Waals surface area contributed by atoms with E-state index in [0.717, 1.165) is 0 Å². The third kappa shape index (κ3) is 14.4. The number of carbonyl (C=O) groups excluding carboxylic acids is 6. The first kappa shape index (κ1) is 39.3. The van der Waals surface area contributed by atoms with Gasteiger partial charge in [0.05, 0.1) is 26.2 Å². The summed E-state index contributed by atoms with van der Waals surface area (Å²) in [4.78, 5) is 72.5. The highest BCUT2D eigenvalue weighted by Crippen LogP contribution is 2.28. The highest BCUT2D eigenvalue weighted by atomic mass is 16.7. The van der Waals surface area contributed by atoms with Crippen LogP contribution in [0.4, 0.5) is 14.4 Å². The normalized spacial score (nSPS) is 20.2. The molecule has 1 heterocycles. The minimum absolute atomic E-state index is 0.141. The molecule has 46 heavy (non-hydrogen) atoms. The van der Waals surface area contributed by atoms with Crippen LogP contribution in [0.1, 0.15) is 20.8 Å². The summed E-state index contributed by atoms with van der Waals surface area (Å²) in [6, 6.07) is 0. The van der Waals surface area contributed by atoms with E-state index >= 15 is 0 Å². The van der Waals surface area contributed by atoms with Crippen molar-refractivity contribution < 1.29 is 71.8 Å². The molecular weight excluding hydrogens is 618 g/mol. The molecule has 18 heteroatoms. The van der Waals surface area contributed by atoms with Crippen molar-refractivity contribution in [3.8, 4) is 0 Å². The molecule has 1 saturated heterocycles. The van der Waals surface area contributed by atoms with E-state index in [0.29, 0.717) is 0 Å². The van der Waals surface area contributed by atoms with Crippen molar-refractivity contribution in [3.63, 3.8) is 0 Å². The van der Waals surface area contributed by atoms with Crippen molar-refractivity contribution in [3.05, 3.63) is 36.5 Å². The first-order valence-corrected chi connectivity index (χ1v) is 13.8. The summed E-state index contributed by atoms with van der Waals surface area (Å²) >= 11 is 0. The molecule has 1 aliphatic heterocycles. The second-order valence-corrected chi connectivity index (χ2v) is 9.66. The largest absolute Gasteiger partial charge is 0.460 e. The molecule has 4 N–H and O–H groups in total. The Bertz CT molecular complexity index is 1140. The minimum atomic E-state index is -1.91. The van der Waals surface area contributed by atoms with Gasteiger partial charge in [-0.15, -0.1) is 0 Å². The fourth-order valence-corrected chi connectivity index (χ4v) is 3.35. The molecule has 0 bridgehead atoms. The maximum atomic E-state index is 12.7. The van der Waals surface area contributed by atoms with Crippen molar-refractivity contribution >= 4 is 36.2 Å². The van der Waals surface area contributed by atoms with E-state index in [4.69, 9.17) is 37.9 Å². The van der Waals surface area contributed by atoms with E-state index in [1.54, 1.807) is 0 Å². The Hall–Kier alpha value is -4.68. The topological polar surface area (TPSA) is 233 Å². The number of nitrogens with one attached hydrogen (secondary N) is 3. The number of ether oxygens (including phenoxy) is 8. The van der Waals surface area contributed by atoms with Crippen LogP contribution < -0.4 is 16.0 Å². The summed E-state index contributed by atoms with van der Waals surface area (Å²) in [6.45, 7) is 13.0. The van der Waals surface area contributed by atoms with Crippen LogP contribution in [0.5, 0.6) is 0 Å². The standard InChI is InChI=1S/C28H41N3O15/c1-15(2)22(32)40-11-8-29-26(36)44-19-18(14-39-7)43-25(35)21(46-28(38)31-10-13-42-24(34)17(5)6)20(19)45-27(37)30-9-12-41-23(33)16(3)4/h18-21,25,35H,1,3,5,8-14H2,2,4,6-7H3,(H,29,36)(H,30,37)(H,31,38)/t18-,19-,20+,21-,25+/m1/s1. The molecule has 0 radical (unpaired) electrons. The van der Waals surface area contributed by atoms with Gasteiger partial charge in [-0.2, -0.15) is 0 Å². The second kappa shape index (κ2) is 20.4. The Morgan fingerprint density at radius 1 is 0.630 bits per heavy atom. The van der Waals surface area contributed by atoms with Gasteiger partial charge in [-0.1, -0.05) is 19.7 Å². The maximum Gasteiger partial charge on any atom is 0.407 e. The number of carbonyl (C=O) groups is 6. The Kier molecular flexibility index (Phi) is 17.4. The molecule has 0 spiro atoms. The van der Waals surface area contributed by atoms with Gasteiger partial charge >= 0.3 is 36.2 Å². The molecule has 1 aliphatic rings. The summed E-state index contributed by atoms with van der Waals surface area (Å²) < 4.78 is 41.3. The maximum absolute atomic E-state index is 12.7. The molecule has 0 aromatic carbocycles. The third-order valence-electron chi connectivity index (χ3n) is 5.53. The molecule has 3 amide bonds. The zero-order chi connectivity index (χ0) is 34.8. The monoisotopic (exact) mass is 659 g/mol. The van der Waals surface area contributed by atoms with Crippen LogP contribution in [0.15, 0.2) is 36.5 Å². The van der Waals surface area contributed by atoms with E-state index in [2.05, 4.69) is 35.7 Å². The Labute approximate surface area is 265 Å². The molecule has 0 aliphatic carbocycles. The van der Waals surface area contributed by atoms with Crippen molar-refractivity contribution in [1.29, 1.82) is 0 Å². The predicted octanol–water partition coefficient (Wildman–Crippen LogP) is -0.00770.